The Hall–Kier alpha value is -2.06. The Morgan fingerprint density at radius 1 is 1.47 bits per heavy atom. The van der Waals surface area contributed by atoms with Gasteiger partial charge in [-0.15, -0.1) is 0 Å². The van der Waals surface area contributed by atoms with Crippen LogP contribution in [0.15, 0.2) is 24.3 Å². The first-order valence-corrected chi connectivity index (χ1v) is 5.93. The molecule has 1 aromatic rings. The van der Waals surface area contributed by atoms with E-state index >= 15 is 0 Å². The van der Waals surface area contributed by atoms with Gasteiger partial charge in [0.15, 0.2) is 0 Å². The average Bonchev–Trinajstić information content (AvgIpc) is 2.34. The van der Waals surface area contributed by atoms with Crippen LogP contribution in [-0.2, 0) is 9.53 Å². The second-order valence-electron chi connectivity index (χ2n) is 5.09. The van der Waals surface area contributed by atoms with Crippen molar-refractivity contribution in [1.29, 1.82) is 5.26 Å². The molecule has 102 valence electrons. The summed E-state index contributed by atoms with van der Waals surface area (Å²) < 4.78 is 10.5. The summed E-state index contributed by atoms with van der Waals surface area (Å²) in [4.78, 5) is 11.6. The van der Waals surface area contributed by atoms with Gasteiger partial charge in [0, 0.05) is 0 Å². The zero-order valence-corrected chi connectivity index (χ0v) is 11.3. The van der Waals surface area contributed by atoms with E-state index in [0.29, 0.717) is 11.3 Å². The molecule has 19 heavy (non-hydrogen) atoms. The first-order valence-electron chi connectivity index (χ1n) is 5.93. The highest BCUT2D eigenvalue weighted by atomic mass is 16.6. The van der Waals surface area contributed by atoms with Gasteiger partial charge in [0.1, 0.15) is 24.0 Å². The van der Waals surface area contributed by atoms with Gasteiger partial charge in [-0.3, -0.25) is 4.79 Å². The van der Waals surface area contributed by atoms with Crippen molar-refractivity contribution in [1.82, 2.24) is 0 Å². The molecule has 0 aliphatic carbocycles. The van der Waals surface area contributed by atoms with Gasteiger partial charge < -0.3 is 15.2 Å². The van der Waals surface area contributed by atoms with Crippen molar-refractivity contribution in [2.75, 3.05) is 6.61 Å². The lowest BCUT2D eigenvalue weighted by Crippen LogP contribution is -2.41. The Morgan fingerprint density at radius 3 is 2.74 bits per heavy atom. The SMILES string of the molecule is CC(C)(C)OC(=O)[C@H](N)COc1cccc(C#N)c1. The van der Waals surface area contributed by atoms with Crippen LogP contribution in [0.3, 0.4) is 0 Å². The molecule has 0 aromatic heterocycles. The minimum atomic E-state index is -0.857. The molecule has 1 atom stereocenters. The summed E-state index contributed by atoms with van der Waals surface area (Å²) in [5, 5.41) is 8.75. The fourth-order valence-electron chi connectivity index (χ4n) is 1.29. The first kappa shape index (κ1) is 15.0. The third-order valence-corrected chi connectivity index (χ3v) is 2.10. The Bertz CT molecular complexity index is 486. The van der Waals surface area contributed by atoms with E-state index in [-0.39, 0.29) is 6.61 Å². The number of hydrogen-bond acceptors (Lipinski definition) is 5. The van der Waals surface area contributed by atoms with E-state index in [0.717, 1.165) is 0 Å². The zero-order valence-electron chi connectivity index (χ0n) is 11.3. The van der Waals surface area contributed by atoms with Crippen LogP contribution in [0.25, 0.3) is 0 Å². The van der Waals surface area contributed by atoms with Crippen molar-refractivity contribution >= 4 is 5.97 Å². The van der Waals surface area contributed by atoms with Crippen molar-refractivity contribution in [3.63, 3.8) is 0 Å². The van der Waals surface area contributed by atoms with Crippen molar-refractivity contribution in [2.45, 2.75) is 32.4 Å². The van der Waals surface area contributed by atoms with E-state index in [1.54, 1.807) is 45.0 Å². The summed E-state index contributed by atoms with van der Waals surface area (Å²) in [5.74, 6) is -0.0120. The van der Waals surface area contributed by atoms with E-state index in [2.05, 4.69) is 0 Å². The van der Waals surface area contributed by atoms with E-state index in [9.17, 15) is 4.79 Å². The molecular formula is C14H18N2O3. The predicted molar refractivity (Wildman–Crippen MR) is 70.5 cm³/mol. The lowest BCUT2D eigenvalue weighted by Gasteiger charge is -2.22. The Labute approximate surface area is 112 Å². The Kier molecular flexibility index (Phi) is 4.90. The number of nitrogens with two attached hydrogens (primary N) is 1. The zero-order chi connectivity index (χ0) is 14.5. The van der Waals surface area contributed by atoms with Crippen molar-refractivity contribution in [2.24, 2.45) is 5.73 Å². The topological polar surface area (TPSA) is 85.3 Å². The monoisotopic (exact) mass is 262 g/mol. The lowest BCUT2D eigenvalue weighted by molar-refractivity contribution is -0.157. The average molecular weight is 262 g/mol. The summed E-state index contributed by atoms with van der Waals surface area (Å²) in [6.45, 7) is 5.32. The largest absolute Gasteiger partial charge is 0.491 e. The van der Waals surface area contributed by atoms with Crippen molar-refractivity contribution in [3.05, 3.63) is 29.8 Å². The molecule has 0 saturated carbocycles. The molecule has 0 saturated heterocycles. The highest BCUT2D eigenvalue weighted by molar-refractivity contribution is 5.76. The van der Waals surface area contributed by atoms with Gasteiger partial charge in [0.25, 0.3) is 0 Å². The number of carbonyl (C=O) groups excluding carboxylic acids is 1. The van der Waals surface area contributed by atoms with Crippen LogP contribution in [0, 0.1) is 11.3 Å². The summed E-state index contributed by atoms with van der Waals surface area (Å²) in [6, 6.07) is 7.80. The number of benzene rings is 1. The summed E-state index contributed by atoms with van der Waals surface area (Å²) in [5.41, 5.74) is 5.59. The van der Waals surface area contributed by atoms with Crippen LogP contribution in [0.4, 0.5) is 0 Å². The van der Waals surface area contributed by atoms with Gasteiger partial charge in [-0.05, 0) is 39.0 Å². The molecule has 0 heterocycles. The summed E-state index contributed by atoms with van der Waals surface area (Å²) >= 11 is 0. The van der Waals surface area contributed by atoms with Gasteiger partial charge in [-0.1, -0.05) is 6.07 Å². The highest BCUT2D eigenvalue weighted by Crippen LogP contribution is 2.13. The normalized spacial score (nSPS) is 12.4. The molecule has 2 N–H and O–H groups in total. The summed E-state index contributed by atoms with van der Waals surface area (Å²) in [6.07, 6.45) is 0. The number of esters is 1. The fourth-order valence-corrected chi connectivity index (χ4v) is 1.29. The van der Waals surface area contributed by atoms with Crippen molar-refractivity contribution in [3.8, 4) is 11.8 Å². The standard InChI is InChI=1S/C14H18N2O3/c1-14(2,3)19-13(17)12(16)9-18-11-6-4-5-10(7-11)8-15/h4-7,12H,9,16H2,1-3H3/t12-/m1/s1. The minimum absolute atomic E-state index is 0.00377. The molecule has 0 radical (unpaired) electrons. The number of rotatable bonds is 4. The number of carbonyl (C=O) groups is 1. The number of hydrogen-bond donors (Lipinski definition) is 1. The summed E-state index contributed by atoms with van der Waals surface area (Å²) in [7, 11) is 0. The van der Waals surface area contributed by atoms with E-state index in [4.69, 9.17) is 20.5 Å². The second-order valence-corrected chi connectivity index (χ2v) is 5.09. The molecule has 1 aromatic carbocycles. The maximum atomic E-state index is 11.6. The maximum Gasteiger partial charge on any atom is 0.326 e. The minimum Gasteiger partial charge on any atom is -0.491 e. The van der Waals surface area contributed by atoms with Gasteiger partial charge in [-0.2, -0.15) is 5.26 Å². The quantitative estimate of drug-likeness (QED) is 0.833. The maximum absolute atomic E-state index is 11.6. The van der Waals surface area contributed by atoms with Gasteiger partial charge in [0.05, 0.1) is 11.6 Å². The third kappa shape index (κ3) is 5.40. The predicted octanol–water partition coefficient (Wildman–Crippen LogP) is 1.61. The Morgan fingerprint density at radius 2 is 2.16 bits per heavy atom. The van der Waals surface area contributed by atoms with Gasteiger partial charge >= 0.3 is 5.97 Å². The smallest absolute Gasteiger partial charge is 0.326 e. The molecule has 5 heteroatoms. The van der Waals surface area contributed by atoms with Crippen LogP contribution in [0.5, 0.6) is 5.75 Å². The number of nitrogens with zero attached hydrogens (tertiary/aromatic N) is 1. The molecule has 0 amide bonds. The molecule has 1 rings (SSSR count). The molecule has 5 nitrogen and oxygen atoms in total. The van der Waals surface area contributed by atoms with Crippen LogP contribution in [0.1, 0.15) is 26.3 Å². The fraction of sp³-hybridized carbons (Fsp3) is 0.429. The molecule has 0 unspecified atom stereocenters. The molecule has 0 fully saturated rings. The van der Waals surface area contributed by atoms with E-state index in [1.807, 2.05) is 6.07 Å². The van der Waals surface area contributed by atoms with Gasteiger partial charge in [-0.25, -0.2) is 0 Å². The second kappa shape index (κ2) is 6.21. The molecular weight excluding hydrogens is 244 g/mol. The molecule has 0 aliphatic heterocycles. The van der Waals surface area contributed by atoms with Crippen LogP contribution < -0.4 is 10.5 Å². The highest BCUT2D eigenvalue weighted by Gasteiger charge is 2.22. The van der Waals surface area contributed by atoms with E-state index in [1.165, 1.54) is 0 Å². The van der Waals surface area contributed by atoms with Gasteiger partial charge in [0.2, 0.25) is 0 Å². The van der Waals surface area contributed by atoms with Crippen LogP contribution >= 0.6 is 0 Å². The lowest BCUT2D eigenvalue weighted by atomic mass is 10.2. The number of nitriles is 1. The van der Waals surface area contributed by atoms with Crippen molar-refractivity contribution < 1.29 is 14.3 Å². The molecule has 0 aliphatic rings. The van der Waals surface area contributed by atoms with E-state index < -0.39 is 17.6 Å². The van der Waals surface area contributed by atoms with Crippen LogP contribution in [-0.4, -0.2) is 24.2 Å². The first-order chi connectivity index (χ1) is 8.81. The number of ether oxygens (including phenoxy) is 2. The Balaban J connectivity index is 2.52. The molecule has 0 spiro atoms. The van der Waals surface area contributed by atoms with Crippen LogP contribution in [0.2, 0.25) is 0 Å². The molecule has 0 bridgehead atoms. The third-order valence-electron chi connectivity index (χ3n) is 2.10.